The van der Waals surface area contributed by atoms with Gasteiger partial charge in [-0.1, -0.05) is 34.1 Å². The molecule has 0 unspecified atom stereocenters. The highest BCUT2D eigenvalue weighted by Gasteiger charge is 2.12. The lowest BCUT2D eigenvalue weighted by atomic mass is 10.1. The summed E-state index contributed by atoms with van der Waals surface area (Å²) in [7, 11) is 1.54. The predicted octanol–water partition coefficient (Wildman–Crippen LogP) is 5.49. The number of nitrogens with one attached hydrogen (secondary N) is 1. The van der Waals surface area contributed by atoms with Crippen molar-refractivity contribution in [2.45, 2.75) is 13.2 Å². The minimum Gasteiger partial charge on any atom is -0.493 e. The number of carbonyl (C=O) groups is 1. The van der Waals surface area contributed by atoms with Crippen LogP contribution in [0.2, 0.25) is 0 Å². The van der Waals surface area contributed by atoms with Gasteiger partial charge in [0.2, 0.25) is 0 Å². The molecule has 2 N–H and O–H groups in total. The zero-order valence-electron chi connectivity index (χ0n) is 15.6. The van der Waals surface area contributed by atoms with Crippen molar-refractivity contribution in [1.82, 2.24) is 0 Å². The van der Waals surface area contributed by atoms with Crippen LogP contribution in [0.15, 0.2) is 65.1 Å². The molecule has 0 spiro atoms. The van der Waals surface area contributed by atoms with Crippen LogP contribution < -0.4 is 14.8 Å². The first-order valence-corrected chi connectivity index (χ1v) is 9.57. The van der Waals surface area contributed by atoms with Crippen molar-refractivity contribution in [3.05, 3.63) is 87.6 Å². The fourth-order valence-electron chi connectivity index (χ4n) is 2.68. The van der Waals surface area contributed by atoms with Crippen LogP contribution in [-0.4, -0.2) is 18.2 Å². The van der Waals surface area contributed by atoms with E-state index in [2.05, 4.69) is 21.2 Å². The van der Waals surface area contributed by atoms with Crippen LogP contribution >= 0.6 is 15.9 Å². The summed E-state index contributed by atoms with van der Waals surface area (Å²) in [5.74, 6) is -0.255. The lowest BCUT2D eigenvalue weighted by molar-refractivity contribution is 0.0697. The van der Waals surface area contributed by atoms with E-state index in [0.29, 0.717) is 23.6 Å². The van der Waals surface area contributed by atoms with Gasteiger partial charge in [0.15, 0.2) is 11.5 Å². The SMILES string of the molecule is COc1cc(CNc2ccc(C(=O)O)cc2)c(Br)cc1OCc1ccccc1F. The second-order valence-electron chi connectivity index (χ2n) is 6.21. The van der Waals surface area contributed by atoms with Gasteiger partial charge in [-0.3, -0.25) is 0 Å². The zero-order valence-corrected chi connectivity index (χ0v) is 17.2. The molecular weight excluding hydrogens is 441 g/mol. The molecule has 0 fully saturated rings. The fraction of sp³-hybridized carbons (Fsp3) is 0.136. The van der Waals surface area contributed by atoms with Gasteiger partial charge < -0.3 is 19.9 Å². The number of carboxylic acid groups (broad SMARTS) is 1. The van der Waals surface area contributed by atoms with Crippen molar-refractivity contribution in [2.24, 2.45) is 0 Å². The molecule has 3 rings (SSSR count). The topological polar surface area (TPSA) is 67.8 Å². The van der Waals surface area contributed by atoms with E-state index in [-0.39, 0.29) is 18.0 Å². The summed E-state index contributed by atoms with van der Waals surface area (Å²) in [4.78, 5) is 10.9. The number of hydrogen-bond acceptors (Lipinski definition) is 4. The summed E-state index contributed by atoms with van der Waals surface area (Å²) in [6.07, 6.45) is 0. The van der Waals surface area contributed by atoms with Crippen LogP contribution in [0, 0.1) is 5.82 Å². The summed E-state index contributed by atoms with van der Waals surface area (Å²) in [5.41, 5.74) is 2.40. The van der Waals surface area contributed by atoms with Gasteiger partial charge in [0.25, 0.3) is 0 Å². The summed E-state index contributed by atoms with van der Waals surface area (Å²) in [5, 5.41) is 12.2. The molecule has 7 heteroatoms. The van der Waals surface area contributed by atoms with Crippen molar-refractivity contribution in [1.29, 1.82) is 0 Å². The molecule has 0 aliphatic rings. The lowest BCUT2D eigenvalue weighted by Gasteiger charge is -2.15. The normalized spacial score (nSPS) is 10.4. The van der Waals surface area contributed by atoms with E-state index in [0.717, 1.165) is 15.7 Å². The maximum Gasteiger partial charge on any atom is 0.335 e. The number of anilines is 1. The predicted molar refractivity (Wildman–Crippen MR) is 112 cm³/mol. The number of hydrogen-bond donors (Lipinski definition) is 2. The highest BCUT2D eigenvalue weighted by Crippen LogP contribution is 2.34. The first-order valence-electron chi connectivity index (χ1n) is 8.77. The van der Waals surface area contributed by atoms with Gasteiger partial charge in [-0.05, 0) is 48.0 Å². The van der Waals surface area contributed by atoms with Crippen LogP contribution in [0.4, 0.5) is 10.1 Å². The number of rotatable bonds is 8. The monoisotopic (exact) mass is 459 g/mol. The summed E-state index contributed by atoms with van der Waals surface area (Å²) >= 11 is 3.53. The Labute approximate surface area is 176 Å². The van der Waals surface area contributed by atoms with Gasteiger partial charge in [0.1, 0.15) is 12.4 Å². The van der Waals surface area contributed by atoms with Gasteiger partial charge in [0, 0.05) is 22.3 Å². The second-order valence-corrected chi connectivity index (χ2v) is 7.06. The van der Waals surface area contributed by atoms with Crippen LogP contribution in [0.5, 0.6) is 11.5 Å². The number of carboxylic acids is 1. The Kier molecular flexibility index (Phi) is 6.72. The molecule has 29 heavy (non-hydrogen) atoms. The third kappa shape index (κ3) is 5.26. The molecule has 3 aromatic carbocycles. The Morgan fingerprint density at radius 3 is 2.45 bits per heavy atom. The Balaban J connectivity index is 1.70. The lowest BCUT2D eigenvalue weighted by Crippen LogP contribution is -2.04. The van der Waals surface area contributed by atoms with E-state index < -0.39 is 5.97 Å². The molecule has 0 bridgehead atoms. The second kappa shape index (κ2) is 9.43. The molecule has 5 nitrogen and oxygen atoms in total. The highest BCUT2D eigenvalue weighted by atomic mass is 79.9. The highest BCUT2D eigenvalue weighted by molar-refractivity contribution is 9.10. The van der Waals surface area contributed by atoms with E-state index in [1.165, 1.54) is 6.07 Å². The van der Waals surface area contributed by atoms with E-state index in [1.807, 2.05) is 6.07 Å². The Morgan fingerprint density at radius 1 is 1.07 bits per heavy atom. The van der Waals surface area contributed by atoms with Crippen molar-refractivity contribution in [2.75, 3.05) is 12.4 Å². The quantitative estimate of drug-likeness (QED) is 0.466. The molecule has 0 aliphatic heterocycles. The molecule has 0 radical (unpaired) electrons. The average molecular weight is 460 g/mol. The standard InChI is InChI=1S/C22H19BrFNO4/c1-28-20-10-16(12-25-17-8-6-14(7-9-17)22(26)27)18(23)11-21(20)29-13-15-4-2-3-5-19(15)24/h2-11,25H,12-13H2,1H3,(H,26,27). The number of methoxy groups -OCH3 is 1. The molecule has 0 heterocycles. The maximum absolute atomic E-state index is 13.8. The van der Waals surface area contributed by atoms with E-state index in [9.17, 15) is 9.18 Å². The van der Waals surface area contributed by atoms with Gasteiger partial charge in [-0.25, -0.2) is 9.18 Å². The van der Waals surface area contributed by atoms with Crippen molar-refractivity contribution < 1.29 is 23.8 Å². The van der Waals surface area contributed by atoms with Crippen molar-refractivity contribution >= 4 is 27.6 Å². The minimum absolute atomic E-state index is 0.0863. The molecule has 0 saturated carbocycles. The number of halogens is 2. The van der Waals surface area contributed by atoms with Crippen LogP contribution in [0.25, 0.3) is 0 Å². The van der Waals surface area contributed by atoms with E-state index in [1.54, 1.807) is 55.6 Å². The summed E-state index contributed by atoms with van der Waals surface area (Å²) in [6.45, 7) is 0.569. The van der Waals surface area contributed by atoms with Crippen LogP contribution in [0.1, 0.15) is 21.5 Å². The number of benzene rings is 3. The van der Waals surface area contributed by atoms with Gasteiger partial charge >= 0.3 is 5.97 Å². The minimum atomic E-state index is -0.963. The molecule has 0 saturated heterocycles. The molecule has 3 aromatic rings. The third-order valence-electron chi connectivity index (χ3n) is 4.29. The van der Waals surface area contributed by atoms with Crippen LogP contribution in [0.3, 0.4) is 0 Å². The number of aromatic carboxylic acids is 1. The molecule has 150 valence electrons. The Morgan fingerprint density at radius 2 is 1.79 bits per heavy atom. The summed E-state index contributed by atoms with van der Waals surface area (Å²) in [6, 6.07) is 16.6. The third-order valence-corrected chi connectivity index (χ3v) is 5.03. The zero-order chi connectivity index (χ0) is 20.8. The van der Waals surface area contributed by atoms with Crippen LogP contribution in [-0.2, 0) is 13.2 Å². The smallest absolute Gasteiger partial charge is 0.335 e. The molecule has 0 aromatic heterocycles. The van der Waals surface area contributed by atoms with Gasteiger partial charge in [0.05, 0.1) is 12.7 Å². The Hall–Kier alpha value is -3.06. The Bertz CT molecular complexity index is 1010. The number of ether oxygens (including phenoxy) is 2. The summed E-state index contributed by atoms with van der Waals surface area (Å²) < 4.78 is 25.8. The van der Waals surface area contributed by atoms with Crippen molar-refractivity contribution in [3.63, 3.8) is 0 Å². The van der Waals surface area contributed by atoms with Crippen molar-refractivity contribution in [3.8, 4) is 11.5 Å². The molecular formula is C22H19BrFNO4. The first kappa shape index (κ1) is 20.7. The van der Waals surface area contributed by atoms with Gasteiger partial charge in [-0.2, -0.15) is 0 Å². The van der Waals surface area contributed by atoms with E-state index >= 15 is 0 Å². The first-order chi connectivity index (χ1) is 14.0. The van der Waals surface area contributed by atoms with Gasteiger partial charge in [-0.15, -0.1) is 0 Å². The maximum atomic E-state index is 13.8. The average Bonchev–Trinajstić information content (AvgIpc) is 2.72. The molecule has 0 aliphatic carbocycles. The molecule has 0 atom stereocenters. The van der Waals surface area contributed by atoms with E-state index in [4.69, 9.17) is 14.6 Å². The largest absolute Gasteiger partial charge is 0.493 e. The fourth-order valence-corrected chi connectivity index (χ4v) is 3.15. The molecule has 0 amide bonds.